The number of rotatable bonds is 2. The lowest BCUT2D eigenvalue weighted by atomic mass is 9.91. The van der Waals surface area contributed by atoms with E-state index in [1.807, 2.05) is 0 Å². The SMILES string of the molecule is C1CCC(NC2CCCCC2)CC1.N.OB(O)O. The molecule has 2 rings (SSSR count). The highest BCUT2D eigenvalue weighted by atomic mass is 16.5. The van der Waals surface area contributed by atoms with Gasteiger partial charge in [-0.1, -0.05) is 38.5 Å². The van der Waals surface area contributed by atoms with Crippen LogP contribution < -0.4 is 11.5 Å². The van der Waals surface area contributed by atoms with Crippen molar-refractivity contribution in [2.24, 2.45) is 0 Å². The van der Waals surface area contributed by atoms with Gasteiger partial charge in [0.05, 0.1) is 0 Å². The molecule has 0 unspecified atom stereocenters. The van der Waals surface area contributed by atoms with Crippen LogP contribution in [0.5, 0.6) is 0 Å². The first kappa shape index (κ1) is 17.9. The van der Waals surface area contributed by atoms with Gasteiger partial charge in [-0.05, 0) is 25.7 Å². The van der Waals surface area contributed by atoms with Crippen molar-refractivity contribution in [1.82, 2.24) is 11.5 Å². The molecule has 0 aromatic heterocycles. The average molecular weight is 260 g/mol. The van der Waals surface area contributed by atoms with Gasteiger partial charge in [0.1, 0.15) is 0 Å². The van der Waals surface area contributed by atoms with Gasteiger partial charge >= 0.3 is 7.32 Å². The lowest BCUT2D eigenvalue weighted by Crippen LogP contribution is -2.40. The summed E-state index contributed by atoms with van der Waals surface area (Å²) in [6, 6.07) is 1.74. The molecule has 7 N–H and O–H groups in total. The molecule has 2 aliphatic rings. The summed E-state index contributed by atoms with van der Waals surface area (Å²) in [4.78, 5) is 0. The molecule has 0 radical (unpaired) electrons. The molecule has 0 saturated heterocycles. The lowest BCUT2D eigenvalue weighted by Gasteiger charge is -2.30. The van der Waals surface area contributed by atoms with Gasteiger partial charge in [0.15, 0.2) is 0 Å². The van der Waals surface area contributed by atoms with E-state index in [0.717, 1.165) is 12.1 Å². The van der Waals surface area contributed by atoms with E-state index in [4.69, 9.17) is 15.1 Å². The maximum Gasteiger partial charge on any atom is 0.631 e. The van der Waals surface area contributed by atoms with Crippen LogP contribution in [0.4, 0.5) is 0 Å². The fourth-order valence-electron chi connectivity index (χ4n) is 2.87. The van der Waals surface area contributed by atoms with Crippen LogP contribution in [0.2, 0.25) is 0 Å². The molecule has 2 saturated carbocycles. The van der Waals surface area contributed by atoms with Gasteiger partial charge < -0.3 is 26.5 Å². The second kappa shape index (κ2) is 10.8. The topological polar surface area (TPSA) is 108 Å². The molecular formula is C12H29BN2O3. The van der Waals surface area contributed by atoms with Crippen LogP contribution in [0.1, 0.15) is 64.2 Å². The van der Waals surface area contributed by atoms with Gasteiger partial charge in [-0.25, -0.2) is 0 Å². The first-order valence-electron chi connectivity index (χ1n) is 6.98. The smallest absolute Gasteiger partial charge is 0.402 e. The normalized spacial score (nSPS) is 21.5. The van der Waals surface area contributed by atoms with E-state index < -0.39 is 7.32 Å². The van der Waals surface area contributed by atoms with Crippen molar-refractivity contribution in [2.45, 2.75) is 76.3 Å². The maximum absolute atomic E-state index is 7.17. The van der Waals surface area contributed by atoms with Crippen LogP contribution in [0, 0.1) is 0 Å². The predicted molar refractivity (Wildman–Crippen MR) is 74.3 cm³/mol. The van der Waals surface area contributed by atoms with E-state index in [9.17, 15) is 0 Å². The zero-order chi connectivity index (χ0) is 12.5. The molecule has 0 bridgehead atoms. The largest absolute Gasteiger partial charge is 0.631 e. The zero-order valence-corrected chi connectivity index (χ0v) is 11.4. The van der Waals surface area contributed by atoms with Gasteiger partial charge in [-0.15, -0.1) is 0 Å². The van der Waals surface area contributed by atoms with E-state index in [-0.39, 0.29) is 6.15 Å². The van der Waals surface area contributed by atoms with Crippen LogP contribution in [-0.2, 0) is 0 Å². The molecule has 0 aromatic carbocycles. The van der Waals surface area contributed by atoms with E-state index in [2.05, 4.69) is 5.32 Å². The Morgan fingerprint density at radius 2 is 0.944 bits per heavy atom. The molecule has 18 heavy (non-hydrogen) atoms. The third-order valence-electron chi connectivity index (χ3n) is 3.68. The zero-order valence-electron chi connectivity index (χ0n) is 11.4. The highest BCUT2D eigenvalue weighted by molar-refractivity contribution is 6.30. The standard InChI is InChI=1S/C12H23N.BH3O3.H3N/c1-3-7-11(8-4-1)13-12-9-5-2-6-10-12;2-1(3)4;/h11-13H,1-10H2;2-4H;1H3. The fourth-order valence-corrected chi connectivity index (χ4v) is 2.87. The minimum Gasteiger partial charge on any atom is -0.402 e. The highest BCUT2D eigenvalue weighted by Gasteiger charge is 2.19. The monoisotopic (exact) mass is 260 g/mol. The quantitative estimate of drug-likeness (QED) is 0.482. The van der Waals surface area contributed by atoms with Crippen molar-refractivity contribution < 1.29 is 15.1 Å². The number of nitrogens with one attached hydrogen (secondary N) is 1. The van der Waals surface area contributed by atoms with Gasteiger partial charge in [-0.2, -0.15) is 0 Å². The number of hydrogen-bond acceptors (Lipinski definition) is 5. The van der Waals surface area contributed by atoms with Gasteiger partial charge in [0.2, 0.25) is 0 Å². The predicted octanol–water partition coefficient (Wildman–Crippen LogP) is 1.35. The van der Waals surface area contributed by atoms with Gasteiger partial charge in [0, 0.05) is 12.1 Å². The summed E-state index contributed by atoms with van der Waals surface area (Å²) >= 11 is 0. The summed E-state index contributed by atoms with van der Waals surface area (Å²) in [5.41, 5.74) is 0. The molecule has 2 aliphatic carbocycles. The van der Waals surface area contributed by atoms with Crippen LogP contribution in [-0.4, -0.2) is 34.5 Å². The van der Waals surface area contributed by atoms with Crippen LogP contribution in [0.25, 0.3) is 0 Å². The molecule has 5 nitrogen and oxygen atoms in total. The molecule has 6 heteroatoms. The number of hydrogen-bond donors (Lipinski definition) is 5. The average Bonchev–Trinajstić information content (AvgIpc) is 2.31. The highest BCUT2D eigenvalue weighted by Crippen LogP contribution is 2.22. The first-order valence-corrected chi connectivity index (χ1v) is 6.98. The molecule has 0 aromatic rings. The van der Waals surface area contributed by atoms with Crippen molar-refractivity contribution in [1.29, 1.82) is 0 Å². The van der Waals surface area contributed by atoms with Crippen LogP contribution in [0.15, 0.2) is 0 Å². The van der Waals surface area contributed by atoms with Crippen molar-refractivity contribution in [3.63, 3.8) is 0 Å². The first-order chi connectivity index (χ1) is 8.18. The lowest BCUT2D eigenvalue weighted by molar-refractivity contribution is 0.278. The Bertz CT molecular complexity index is 165. The summed E-state index contributed by atoms with van der Waals surface area (Å²) in [5.74, 6) is 0. The third kappa shape index (κ3) is 8.88. The van der Waals surface area contributed by atoms with E-state index in [1.54, 1.807) is 0 Å². The molecule has 0 spiro atoms. The summed E-state index contributed by atoms with van der Waals surface area (Å²) in [7, 11) is -2.17. The molecule has 0 atom stereocenters. The summed E-state index contributed by atoms with van der Waals surface area (Å²) in [6.45, 7) is 0. The Kier molecular flexibility index (Phi) is 10.7. The molecule has 0 amide bonds. The van der Waals surface area contributed by atoms with E-state index >= 15 is 0 Å². The maximum atomic E-state index is 7.17. The Labute approximate surface area is 111 Å². The van der Waals surface area contributed by atoms with Crippen molar-refractivity contribution >= 4 is 7.32 Å². The molecule has 108 valence electrons. The van der Waals surface area contributed by atoms with Crippen molar-refractivity contribution in [3.8, 4) is 0 Å². The third-order valence-corrected chi connectivity index (χ3v) is 3.68. The Morgan fingerprint density at radius 1 is 0.667 bits per heavy atom. The molecule has 2 fully saturated rings. The van der Waals surface area contributed by atoms with E-state index in [0.29, 0.717) is 0 Å². The summed E-state index contributed by atoms with van der Waals surface area (Å²) in [5, 5.41) is 25.4. The van der Waals surface area contributed by atoms with Crippen molar-refractivity contribution in [2.75, 3.05) is 0 Å². The Morgan fingerprint density at radius 3 is 1.22 bits per heavy atom. The van der Waals surface area contributed by atoms with E-state index in [1.165, 1.54) is 64.2 Å². The Hall–Kier alpha value is -0.135. The summed E-state index contributed by atoms with van der Waals surface area (Å²) in [6.07, 6.45) is 14.6. The van der Waals surface area contributed by atoms with Crippen LogP contribution >= 0.6 is 0 Å². The van der Waals surface area contributed by atoms with Gasteiger partial charge in [-0.3, -0.25) is 0 Å². The minimum absolute atomic E-state index is 0. The molecule has 0 heterocycles. The second-order valence-electron chi connectivity index (χ2n) is 5.18. The fraction of sp³-hybridized carbons (Fsp3) is 1.00. The minimum atomic E-state index is -2.17. The van der Waals surface area contributed by atoms with Gasteiger partial charge in [0.25, 0.3) is 0 Å². The second-order valence-corrected chi connectivity index (χ2v) is 5.18. The van der Waals surface area contributed by atoms with Crippen molar-refractivity contribution in [3.05, 3.63) is 0 Å². The summed E-state index contributed by atoms with van der Waals surface area (Å²) < 4.78 is 0. The molecular weight excluding hydrogens is 231 g/mol. The van der Waals surface area contributed by atoms with Crippen LogP contribution in [0.3, 0.4) is 0 Å². The Balaban J connectivity index is 0.000000512. The molecule has 0 aliphatic heterocycles.